The molecule has 2 aliphatic carbocycles. The van der Waals surface area contributed by atoms with Gasteiger partial charge < -0.3 is 24.8 Å². The van der Waals surface area contributed by atoms with Crippen molar-refractivity contribution < 1.29 is 29.0 Å². The van der Waals surface area contributed by atoms with Gasteiger partial charge in [-0.15, -0.1) is 24.5 Å². The Labute approximate surface area is 286 Å². The molecule has 0 aliphatic heterocycles. The van der Waals surface area contributed by atoms with Gasteiger partial charge in [-0.2, -0.15) is 0 Å². The van der Waals surface area contributed by atoms with Gasteiger partial charge in [0.05, 0.1) is 30.2 Å². The maximum absolute atomic E-state index is 13.9. The first-order valence-electron chi connectivity index (χ1n) is 16.6. The summed E-state index contributed by atoms with van der Waals surface area (Å²) in [6.45, 7) is 14.2. The SMILES string of the molecule is C=CCCCCN(C)C(=O)[C@@H]1C[C@H](Oc2cc(-c3nc(C(C)C)cs3)nc3c(C)c(OC)ccc23)C[C@H]1C(=O)N[C@]1(C(=O)O)C[C@H]1C=C. The van der Waals surface area contributed by atoms with Crippen LogP contribution < -0.4 is 14.8 Å². The number of aromatic nitrogens is 2. The lowest BCUT2D eigenvalue weighted by Gasteiger charge is -2.25. The van der Waals surface area contributed by atoms with E-state index >= 15 is 0 Å². The molecule has 10 nitrogen and oxygen atoms in total. The van der Waals surface area contributed by atoms with Gasteiger partial charge in [-0.3, -0.25) is 9.59 Å². The average molecular weight is 675 g/mol. The number of aryl methyl sites for hydroxylation is 1. The number of carbonyl (C=O) groups excluding carboxylic acids is 2. The van der Waals surface area contributed by atoms with Crippen LogP contribution in [0.1, 0.15) is 69.5 Å². The Kier molecular flexibility index (Phi) is 10.6. The minimum atomic E-state index is -1.39. The average Bonchev–Trinajstić information content (AvgIpc) is 3.36. The second kappa shape index (κ2) is 14.5. The monoisotopic (exact) mass is 674 g/mol. The lowest BCUT2D eigenvalue weighted by molar-refractivity contribution is -0.145. The number of carboxylic acids is 1. The molecule has 11 heteroatoms. The molecule has 0 saturated heterocycles. The van der Waals surface area contributed by atoms with Crippen molar-refractivity contribution in [3.63, 3.8) is 0 Å². The summed E-state index contributed by atoms with van der Waals surface area (Å²) in [5.41, 5.74) is 1.83. The van der Waals surface area contributed by atoms with E-state index in [0.29, 0.717) is 30.2 Å². The molecule has 256 valence electrons. The van der Waals surface area contributed by atoms with Gasteiger partial charge in [0.25, 0.3) is 0 Å². The van der Waals surface area contributed by atoms with Crippen LogP contribution in [0.3, 0.4) is 0 Å². The molecule has 2 heterocycles. The number of hydrogen-bond donors (Lipinski definition) is 2. The van der Waals surface area contributed by atoms with Crippen molar-refractivity contribution in [2.45, 2.75) is 76.9 Å². The van der Waals surface area contributed by atoms with Gasteiger partial charge in [0, 0.05) is 41.9 Å². The van der Waals surface area contributed by atoms with E-state index in [1.54, 1.807) is 25.1 Å². The number of hydrogen-bond acceptors (Lipinski definition) is 8. The number of benzene rings is 1. The molecule has 5 atom stereocenters. The molecule has 3 aromatic rings. The summed E-state index contributed by atoms with van der Waals surface area (Å²) in [6, 6.07) is 5.67. The fourth-order valence-electron chi connectivity index (χ4n) is 6.67. The first kappa shape index (κ1) is 35.1. The zero-order chi connectivity index (χ0) is 34.7. The third kappa shape index (κ3) is 6.97. The molecule has 2 N–H and O–H groups in total. The number of nitrogens with zero attached hydrogens (tertiary/aromatic N) is 3. The summed E-state index contributed by atoms with van der Waals surface area (Å²) in [6.07, 6.45) is 6.35. The Morgan fingerprint density at radius 2 is 1.92 bits per heavy atom. The fourth-order valence-corrected chi connectivity index (χ4v) is 7.61. The predicted octanol–water partition coefficient (Wildman–Crippen LogP) is 6.53. The fraction of sp³-hybridized carbons (Fsp3) is 0.486. The van der Waals surface area contributed by atoms with E-state index in [2.05, 4.69) is 32.3 Å². The number of aliphatic carboxylic acids is 1. The van der Waals surface area contributed by atoms with E-state index in [-0.39, 0.29) is 30.6 Å². The summed E-state index contributed by atoms with van der Waals surface area (Å²) in [4.78, 5) is 51.4. The number of allylic oxidation sites excluding steroid dienone is 1. The van der Waals surface area contributed by atoms with Crippen LogP contribution in [0.15, 0.2) is 48.9 Å². The Morgan fingerprint density at radius 1 is 1.17 bits per heavy atom. The first-order valence-corrected chi connectivity index (χ1v) is 17.5. The van der Waals surface area contributed by atoms with Crippen LogP contribution in [0.25, 0.3) is 21.6 Å². The number of pyridine rings is 1. The molecule has 48 heavy (non-hydrogen) atoms. The van der Waals surface area contributed by atoms with Gasteiger partial charge in [-0.05, 0) is 63.5 Å². The maximum atomic E-state index is 13.9. The number of thiazole rings is 1. The molecule has 1 aromatic carbocycles. The van der Waals surface area contributed by atoms with Crippen molar-refractivity contribution in [1.82, 2.24) is 20.2 Å². The molecule has 0 unspecified atom stereocenters. The van der Waals surface area contributed by atoms with Crippen molar-refractivity contribution in [1.29, 1.82) is 0 Å². The van der Waals surface area contributed by atoms with Gasteiger partial charge in [-0.1, -0.05) is 26.0 Å². The molecule has 0 spiro atoms. The number of fused-ring (bicyclic) bond motifs is 1. The highest BCUT2D eigenvalue weighted by atomic mass is 32.1. The normalized spacial score (nSPS) is 23.1. The van der Waals surface area contributed by atoms with Crippen LogP contribution in [0.5, 0.6) is 11.5 Å². The second-order valence-electron chi connectivity index (χ2n) is 13.3. The number of ether oxygens (including phenoxy) is 2. The van der Waals surface area contributed by atoms with Gasteiger partial charge in [0.1, 0.15) is 33.8 Å². The Bertz CT molecular complexity index is 1720. The summed E-state index contributed by atoms with van der Waals surface area (Å²) >= 11 is 1.52. The van der Waals surface area contributed by atoms with Crippen molar-refractivity contribution in [3.8, 4) is 22.2 Å². The van der Waals surface area contributed by atoms with Gasteiger partial charge in [0.15, 0.2) is 0 Å². The van der Waals surface area contributed by atoms with Crippen LogP contribution >= 0.6 is 11.3 Å². The molecule has 0 radical (unpaired) electrons. The van der Waals surface area contributed by atoms with Gasteiger partial charge in [0.2, 0.25) is 11.8 Å². The van der Waals surface area contributed by atoms with E-state index < -0.39 is 35.4 Å². The zero-order valence-electron chi connectivity index (χ0n) is 28.5. The smallest absolute Gasteiger partial charge is 0.330 e. The highest BCUT2D eigenvalue weighted by Gasteiger charge is 2.61. The van der Waals surface area contributed by atoms with E-state index in [1.165, 1.54) is 11.3 Å². The number of nitrogens with one attached hydrogen (secondary N) is 1. The Hall–Kier alpha value is -4.25. The molecule has 5 rings (SSSR count). The molecule has 0 bridgehead atoms. The van der Waals surface area contributed by atoms with E-state index in [9.17, 15) is 19.5 Å². The number of amides is 2. The largest absolute Gasteiger partial charge is 0.496 e. The molecular formula is C37H46N4O6S. The van der Waals surface area contributed by atoms with Crippen molar-refractivity contribution in [2.75, 3.05) is 20.7 Å². The van der Waals surface area contributed by atoms with Crippen LogP contribution in [0.2, 0.25) is 0 Å². The highest BCUT2D eigenvalue weighted by molar-refractivity contribution is 7.13. The topological polar surface area (TPSA) is 131 Å². The van der Waals surface area contributed by atoms with Crippen molar-refractivity contribution >= 4 is 40.0 Å². The minimum Gasteiger partial charge on any atom is -0.496 e. The first-order chi connectivity index (χ1) is 22.9. The van der Waals surface area contributed by atoms with Crippen LogP contribution in [0.4, 0.5) is 0 Å². The minimum absolute atomic E-state index is 0.148. The molecule has 2 aromatic heterocycles. The van der Waals surface area contributed by atoms with Gasteiger partial charge in [-0.25, -0.2) is 14.8 Å². The molecule has 2 fully saturated rings. The molecule has 2 amide bonds. The molecule has 2 saturated carbocycles. The number of carbonyl (C=O) groups is 3. The molecule has 2 aliphatic rings. The van der Waals surface area contributed by atoms with Crippen LogP contribution in [0, 0.1) is 24.7 Å². The number of carboxylic acid groups (broad SMARTS) is 1. The lowest BCUT2D eigenvalue weighted by Crippen LogP contribution is -2.49. The summed E-state index contributed by atoms with van der Waals surface area (Å²) in [5, 5.41) is 16.3. The number of methoxy groups -OCH3 is 1. The standard InChI is InChI=1S/C37H46N4O6S/c1-8-10-11-12-15-41(6)35(43)27-17-24(16-26(27)33(42)40-37(36(44)45)19-23(37)9-2)47-31-18-28(34-39-29(20-48-34)21(3)4)38-32-22(5)30(46-7)14-13-25(31)32/h8-9,13-14,18,20-21,23-24,26-27H,1-2,10-12,15-17,19H2,3-7H3,(H,40,42)(H,44,45)/t23-,24-,26-,27-,37-/m1/s1. The Balaban J connectivity index is 1.47. The van der Waals surface area contributed by atoms with Gasteiger partial charge >= 0.3 is 5.97 Å². The Morgan fingerprint density at radius 3 is 2.54 bits per heavy atom. The zero-order valence-corrected chi connectivity index (χ0v) is 29.3. The van der Waals surface area contributed by atoms with E-state index in [4.69, 9.17) is 19.4 Å². The number of unbranched alkanes of at least 4 members (excludes halogenated alkanes) is 2. The highest BCUT2D eigenvalue weighted by Crippen LogP contribution is 2.46. The van der Waals surface area contributed by atoms with E-state index in [0.717, 1.165) is 46.4 Å². The van der Waals surface area contributed by atoms with Crippen LogP contribution in [-0.4, -0.2) is 70.1 Å². The predicted molar refractivity (Wildman–Crippen MR) is 187 cm³/mol. The second-order valence-corrected chi connectivity index (χ2v) is 14.2. The lowest BCUT2D eigenvalue weighted by atomic mass is 9.93. The summed E-state index contributed by atoms with van der Waals surface area (Å²) < 4.78 is 12.3. The maximum Gasteiger partial charge on any atom is 0.330 e. The van der Waals surface area contributed by atoms with Crippen molar-refractivity contribution in [3.05, 3.63) is 60.1 Å². The van der Waals surface area contributed by atoms with E-state index in [1.807, 2.05) is 36.6 Å². The van der Waals surface area contributed by atoms with Crippen LogP contribution in [-0.2, 0) is 14.4 Å². The number of rotatable bonds is 15. The third-order valence-corrected chi connectivity index (χ3v) is 10.6. The quantitative estimate of drug-likeness (QED) is 0.137. The summed E-state index contributed by atoms with van der Waals surface area (Å²) in [5.74, 6) is -1.95. The summed E-state index contributed by atoms with van der Waals surface area (Å²) in [7, 11) is 3.38. The molecular weight excluding hydrogens is 628 g/mol. The third-order valence-electron chi connectivity index (χ3n) is 9.72. The van der Waals surface area contributed by atoms with Crippen molar-refractivity contribution in [2.24, 2.45) is 17.8 Å².